The Morgan fingerprint density at radius 1 is 0.600 bits per heavy atom. The Morgan fingerprint density at radius 3 is 1.29 bits per heavy atom. The number of methoxy groups -OCH3 is 2. The number of amides is 2. The molecule has 17 nitrogen and oxygen atoms in total. The number of allylic oxidation sites excluding steroid dienone is 1. The van der Waals surface area contributed by atoms with Crippen LogP contribution in [-0.4, -0.2) is 130 Å². The van der Waals surface area contributed by atoms with Crippen molar-refractivity contribution >= 4 is 38.5 Å². The molecule has 0 fully saturated rings. The first kappa shape index (κ1) is 68.4. The van der Waals surface area contributed by atoms with Crippen LogP contribution in [0.15, 0.2) is 131 Å². The van der Waals surface area contributed by atoms with Crippen LogP contribution in [0.4, 0.5) is 9.59 Å². The van der Waals surface area contributed by atoms with E-state index in [1.807, 2.05) is 74.5 Å². The summed E-state index contributed by atoms with van der Waals surface area (Å²) in [7, 11) is -4.93. The van der Waals surface area contributed by atoms with Crippen LogP contribution in [0.1, 0.15) is 118 Å². The smallest absolute Gasteiger partial charge is 0.407 e. The average Bonchev–Trinajstić information content (AvgIpc) is 3.39. The largest absolute Gasteiger partial charge is 0.497 e. The maximum Gasteiger partial charge on any atom is 0.407 e. The van der Waals surface area contributed by atoms with Crippen molar-refractivity contribution in [3.05, 3.63) is 132 Å². The molecular formula is C61H90N4O13S2. The van der Waals surface area contributed by atoms with Crippen LogP contribution in [0.3, 0.4) is 0 Å². The second kappa shape index (κ2) is 33.2. The van der Waals surface area contributed by atoms with Gasteiger partial charge in [0.05, 0.1) is 48.3 Å². The molecule has 4 aromatic rings. The van der Waals surface area contributed by atoms with E-state index in [0.717, 1.165) is 42.2 Å². The van der Waals surface area contributed by atoms with Crippen LogP contribution >= 0.6 is 0 Å². The van der Waals surface area contributed by atoms with E-state index in [0.29, 0.717) is 43.6 Å². The molecule has 444 valence electrons. The molecule has 4 aromatic carbocycles. The first-order valence-corrected chi connectivity index (χ1v) is 30.2. The van der Waals surface area contributed by atoms with Crippen LogP contribution in [0.5, 0.6) is 11.5 Å². The first-order valence-electron chi connectivity index (χ1n) is 27.4. The topological polar surface area (TPSA) is 227 Å². The Labute approximate surface area is 477 Å². The average molecular weight is 1150 g/mol. The summed E-state index contributed by atoms with van der Waals surface area (Å²) in [5.74, 6) is 1.44. The lowest BCUT2D eigenvalue weighted by Gasteiger charge is -2.31. The van der Waals surface area contributed by atoms with E-state index in [2.05, 4.69) is 24.1 Å². The Hall–Kier alpha value is -5.83. The third kappa shape index (κ3) is 25.3. The number of aliphatic hydroxyl groups is 2. The molecule has 0 saturated heterocycles. The van der Waals surface area contributed by atoms with Crippen molar-refractivity contribution < 1.29 is 60.4 Å². The number of alkyl carbamates (subject to hydrolysis) is 2. The van der Waals surface area contributed by atoms with Crippen molar-refractivity contribution in [1.29, 1.82) is 0 Å². The zero-order valence-corrected chi connectivity index (χ0v) is 50.6. The van der Waals surface area contributed by atoms with Gasteiger partial charge in [-0.3, -0.25) is 0 Å². The van der Waals surface area contributed by atoms with Crippen molar-refractivity contribution in [2.75, 3.05) is 40.4 Å². The quantitative estimate of drug-likeness (QED) is 0.0272. The Kier molecular flexibility index (Phi) is 28.4. The molecule has 0 radical (unpaired) electrons. The number of ether oxygens (including phenoxy) is 4. The molecule has 2 unspecified atom stereocenters. The highest BCUT2D eigenvalue weighted by Crippen LogP contribution is 2.26. The Bertz CT molecular complexity index is 2700. The van der Waals surface area contributed by atoms with Gasteiger partial charge in [0.15, 0.2) is 0 Å². The Balaban J connectivity index is 0.000000421. The second-order valence-corrected chi connectivity index (χ2v) is 26.4. The van der Waals surface area contributed by atoms with Crippen LogP contribution < -0.4 is 20.1 Å². The van der Waals surface area contributed by atoms with Gasteiger partial charge in [0.1, 0.15) is 29.0 Å². The van der Waals surface area contributed by atoms with Crippen LogP contribution in [0.25, 0.3) is 0 Å². The molecule has 0 aliphatic carbocycles. The highest BCUT2D eigenvalue weighted by Gasteiger charge is 2.34. The number of aliphatic hydroxyl groups excluding tert-OH is 2. The summed E-state index contributed by atoms with van der Waals surface area (Å²) >= 11 is 0. The van der Waals surface area contributed by atoms with Crippen molar-refractivity contribution in [3.63, 3.8) is 0 Å². The minimum absolute atomic E-state index is 0.0655. The molecule has 0 aliphatic rings. The number of hydrogen-bond donors (Lipinski definition) is 4. The molecule has 0 bridgehead atoms. The fraction of sp³-hybridized carbons (Fsp3) is 0.525. The van der Waals surface area contributed by atoms with Gasteiger partial charge in [0.25, 0.3) is 0 Å². The molecule has 80 heavy (non-hydrogen) atoms. The number of carbonyl (C=O) groups is 3. The molecule has 4 rings (SSSR count). The number of nitrogens with zero attached hydrogens (tertiary/aromatic N) is 2. The lowest BCUT2D eigenvalue weighted by atomic mass is 9.98. The highest BCUT2D eigenvalue weighted by molar-refractivity contribution is 7.89. The predicted octanol–water partition coefficient (Wildman–Crippen LogP) is 10.1. The molecule has 4 N–H and O–H groups in total. The van der Waals surface area contributed by atoms with Crippen molar-refractivity contribution in [1.82, 2.24) is 19.2 Å². The summed E-state index contributed by atoms with van der Waals surface area (Å²) in [6.07, 6.45) is 2.65. The normalized spacial score (nSPS) is 14.3. The zero-order valence-electron chi connectivity index (χ0n) is 48.9. The lowest BCUT2D eigenvalue weighted by molar-refractivity contribution is -0.108. The van der Waals surface area contributed by atoms with E-state index in [1.165, 1.54) is 47.1 Å². The minimum Gasteiger partial charge on any atom is -0.497 e. The highest BCUT2D eigenvalue weighted by atomic mass is 32.2. The third-order valence-corrected chi connectivity index (χ3v) is 16.7. The van der Waals surface area contributed by atoms with E-state index < -0.39 is 67.7 Å². The van der Waals surface area contributed by atoms with Gasteiger partial charge in [-0.15, -0.1) is 6.58 Å². The molecule has 19 heteroatoms. The van der Waals surface area contributed by atoms with Gasteiger partial charge >= 0.3 is 12.2 Å². The fourth-order valence-electron chi connectivity index (χ4n) is 8.43. The monoisotopic (exact) mass is 1150 g/mol. The summed E-state index contributed by atoms with van der Waals surface area (Å²) in [6, 6.07) is 29.4. The molecule has 0 saturated carbocycles. The van der Waals surface area contributed by atoms with Gasteiger partial charge in [0, 0.05) is 32.6 Å². The van der Waals surface area contributed by atoms with E-state index >= 15 is 0 Å². The molecular weight excluding hydrogens is 1060 g/mol. The first-order chi connectivity index (χ1) is 37.6. The van der Waals surface area contributed by atoms with Gasteiger partial charge in [-0.2, -0.15) is 8.61 Å². The van der Waals surface area contributed by atoms with Gasteiger partial charge in [-0.25, -0.2) is 26.4 Å². The minimum atomic E-state index is -4.00. The van der Waals surface area contributed by atoms with Crippen molar-refractivity contribution in [2.45, 2.75) is 165 Å². The van der Waals surface area contributed by atoms with Gasteiger partial charge < -0.3 is 44.6 Å². The predicted molar refractivity (Wildman–Crippen MR) is 314 cm³/mol. The van der Waals surface area contributed by atoms with Crippen LogP contribution in [-0.2, 0) is 47.2 Å². The van der Waals surface area contributed by atoms with Gasteiger partial charge in [0.2, 0.25) is 20.0 Å². The summed E-state index contributed by atoms with van der Waals surface area (Å²) in [5.41, 5.74) is 1.42. The number of rotatable bonds is 31. The zero-order chi connectivity index (χ0) is 59.7. The van der Waals surface area contributed by atoms with Crippen molar-refractivity contribution in [2.24, 2.45) is 11.8 Å². The molecule has 0 aliphatic heterocycles. The maximum atomic E-state index is 13.8. The molecule has 6 atom stereocenters. The summed E-state index contributed by atoms with van der Waals surface area (Å²) < 4.78 is 78.8. The molecule has 0 spiro atoms. The second-order valence-electron chi connectivity index (χ2n) is 22.5. The van der Waals surface area contributed by atoms with E-state index in [-0.39, 0.29) is 54.2 Å². The number of benzene rings is 4. The van der Waals surface area contributed by atoms with E-state index in [4.69, 9.17) is 18.9 Å². The van der Waals surface area contributed by atoms with Crippen molar-refractivity contribution in [3.8, 4) is 11.5 Å². The molecule has 0 aromatic heterocycles. The SMILES string of the molecule is C=C(C)CCCC(C)CCN(C[C@@H](O)[C@H](Cc1ccccc1)NC(=O)OC(C)(C)C)S(=O)(=O)c1ccc(OC)cc1.COc1ccc(S(=O)(=O)N(CCC(C)CCC=O)C[C@@H](O)[C@H](Cc2ccccc2)NC(=O)OC(C)(C)C)cc1. The third-order valence-electron chi connectivity index (χ3n) is 12.9. The maximum absolute atomic E-state index is 13.8. The number of carbonyl (C=O) groups excluding carboxylic acids is 3. The number of sulfonamides is 2. The molecule has 0 heterocycles. The lowest BCUT2D eigenvalue weighted by Crippen LogP contribution is -2.51. The summed E-state index contributed by atoms with van der Waals surface area (Å²) in [4.78, 5) is 36.3. The van der Waals surface area contributed by atoms with Gasteiger partial charge in [-0.1, -0.05) is 86.5 Å². The van der Waals surface area contributed by atoms with E-state index in [1.54, 1.807) is 65.8 Å². The number of aldehydes is 1. The Morgan fingerprint density at radius 2 is 0.963 bits per heavy atom. The number of hydrogen-bond acceptors (Lipinski definition) is 13. The molecule has 2 amide bonds. The summed E-state index contributed by atoms with van der Waals surface area (Å²) in [6.45, 7) is 20.5. The fourth-order valence-corrected chi connectivity index (χ4v) is 11.4. The summed E-state index contributed by atoms with van der Waals surface area (Å²) in [5, 5.41) is 28.3. The van der Waals surface area contributed by atoms with E-state index in [9.17, 15) is 41.4 Å². The standard InChI is InChI=1S/C32H48N2O6S.C29H42N2O7S/c1-24(2)12-11-13-25(3)20-21-34(41(37,38)28-18-16-27(39-7)17-19-28)23-30(35)29(22-26-14-9-8-10-15-26)33-31(36)40-32(4,5)6;1-22(10-9-19-32)17-18-31(39(35,36)25-15-13-24(37-5)14-16-25)21-27(33)26(20-23-11-7-6-8-12-23)30-28(34)38-29(2,3)4/h8-10,14-19,25,29-30,35H,1,11-13,20-23H2,2-7H3,(H,33,36);6-8,11-16,19,22,26-27,33H,9-10,17-18,20-21H2,1-5H3,(H,30,34)/t25?,29-,30+;22?,26-,27+/m00/s1. The van der Waals surface area contributed by atoms with Crippen LogP contribution in [0.2, 0.25) is 0 Å². The van der Waals surface area contributed by atoms with Crippen LogP contribution in [0, 0.1) is 11.8 Å². The van der Waals surface area contributed by atoms with Gasteiger partial charge in [-0.05, 0) is 165 Å². The number of nitrogens with one attached hydrogen (secondary N) is 2.